The van der Waals surface area contributed by atoms with Crippen molar-refractivity contribution in [1.82, 2.24) is 9.80 Å². The normalized spacial score (nSPS) is 26.0. The zero-order valence-electron chi connectivity index (χ0n) is 17.6. The zero-order valence-corrected chi connectivity index (χ0v) is 17.6. The topological polar surface area (TPSA) is 79.3 Å². The van der Waals surface area contributed by atoms with Crippen molar-refractivity contribution in [1.29, 1.82) is 0 Å². The summed E-state index contributed by atoms with van der Waals surface area (Å²) in [4.78, 5) is 29.2. The number of carbonyl (C=O) groups is 2. The van der Waals surface area contributed by atoms with Gasteiger partial charge in [0.1, 0.15) is 18.8 Å². The van der Waals surface area contributed by atoms with Crippen LogP contribution in [0.3, 0.4) is 0 Å². The van der Waals surface area contributed by atoms with E-state index in [2.05, 4.69) is 0 Å². The molecule has 2 aliphatic rings. The van der Waals surface area contributed by atoms with E-state index in [0.717, 1.165) is 11.1 Å². The van der Waals surface area contributed by atoms with Crippen molar-refractivity contribution >= 4 is 12.0 Å². The highest BCUT2D eigenvalue weighted by Gasteiger charge is 2.43. The number of carbonyl (C=O) groups excluding carboxylic acids is 2. The van der Waals surface area contributed by atoms with Crippen LogP contribution in [0.15, 0.2) is 60.7 Å². The fourth-order valence-electron chi connectivity index (χ4n) is 4.25. The average molecular weight is 424 g/mol. The summed E-state index contributed by atoms with van der Waals surface area (Å²) >= 11 is 0. The smallest absolute Gasteiger partial charge is 0.410 e. The van der Waals surface area contributed by atoms with Crippen molar-refractivity contribution in [2.24, 2.45) is 0 Å². The number of nitrogens with zero attached hydrogens (tertiary/aromatic N) is 2. The molecule has 0 bridgehead atoms. The highest BCUT2D eigenvalue weighted by atomic mass is 16.6. The van der Waals surface area contributed by atoms with Crippen LogP contribution < -0.4 is 0 Å². The summed E-state index contributed by atoms with van der Waals surface area (Å²) in [6.07, 6.45) is -1.48. The molecule has 2 aromatic carbocycles. The van der Waals surface area contributed by atoms with E-state index in [1.54, 1.807) is 4.90 Å². The summed E-state index contributed by atoms with van der Waals surface area (Å²) in [6.45, 7) is 3.00. The Morgan fingerprint density at radius 2 is 1.71 bits per heavy atom. The largest absolute Gasteiger partial charge is 0.445 e. The number of benzene rings is 2. The predicted molar refractivity (Wildman–Crippen MR) is 114 cm³/mol. The third-order valence-corrected chi connectivity index (χ3v) is 5.75. The van der Waals surface area contributed by atoms with E-state index in [1.165, 1.54) is 4.90 Å². The van der Waals surface area contributed by atoms with Gasteiger partial charge in [-0.3, -0.25) is 9.69 Å². The minimum absolute atomic E-state index is 0.0893. The van der Waals surface area contributed by atoms with Crippen LogP contribution >= 0.6 is 0 Å². The van der Waals surface area contributed by atoms with Gasteiger partial charge in [-0.2, -0.15) is 0 Å². The van der Waals surface area contributed by atoms with Gasteiger partial charge in [-0.15, -0.1) is 0 Å². The van der Waals surface area contributed by atoms with E-state index < -0.39 is 18.2 Å². The van der Waals surface area contributed by atoms with Gasteiger partial charge >= 0.3 is 6.09 Å². The average Bonchev–Trinajstić information content (AvgIpc) is 3.19. The highest BCUT2D eigenvalue weighted by Crippen LogP contribution is 2.28. The van der Waals surface area contributed by atoms with Crippen molar-refractivity contribution < 1.29 is 24.2 Å². The van der Waals surface area contributed by atoms with E-state index >= 15 is 0 Å². The maximum Gasteiger partial charge on any atom is 0.410 e. The van der Waals surface area contributed by atoms with Crippen LogP contribution in [0.1, 0.15) is 30.6 Å². The number of amides is 2. The molecule has 2 aliphatic heterocycles. The minimum Gasteiger partial charge on any atom is -0.445 e. The molecule has 2 fully saturated rings. The van der Waals surface area contributed by atoms with Crippen LogP contribution in [0.2, 0.25) is 0 Å². The molecule has 7 heteroatoms. The Balaban J connectivity index is 1.43. The van der Waals surface area contributed by atoms with Crippen molar-refractivity contribution in [2.45, 2.75) is 44.3 Å². The quantitative estimate of drug-likeness (QED) is 0.817. The van der Waals surface area contributed by atoms with E-state index in [9.17, 15) is 14.7 Å². The van der Waals surface area contributed by atoms with Gasteiger partial charge < -0.3 is 19.5 Å². The van der Waals surface area contributed by atoms with E-state index in [-0.39, 0.29) is 37.7 Å². The van der Waals surface area contributed by atoms with Crippen molar-refractivity contribution in [2.75, 3.05) is 19.6 Å². The Labute approximate surface area is 182 Å². The third kappa shape index (κ3) is 5.06. The first-order valence-electron chi connectivity index (χ1n) is 10.7. The van der Waals surface area contributed by atoms with Crippen LogP contribution in [0.5, 0.6) is 0 Å². The number of hydrogen-bond acceptors (Lipinski definition) is 5. The first kappa shape index (κ1) is 21.3. The molecule has 0 radical (unpaired) electrons. The van der Waals surface area contributed by atoms with Crippen molar-refractivity contribution in [3.05, 3.63) is 71.8 Å². The number of ether oxygens (including phenoxy) is 2. The number of morpholine rings is 1. The Hall–Kier alpha value is -2.90. The zero-order chi connectivity index (χ0) is 21.8. The molecule has 2 aromatic rings. The van der Waals surface area contributed by atoms with Gasteiger partial charge in [-0.25, -0.2) is 4.79 Å². The first-order valence-corrected chi connectivity index (χ1v) is 10.7. The summed E-state index contributed by atoms with van der Waals surface area (Å²) in [5.41, 5.74) is 1.88. The van der Waals surface area contributed by atoms with Crippen molar-refractivity contribution in [3.8, 4) is 0 Å². The molecule has 4 rings (SSSR count). The van der Waals surface area contributed by atoms with Gasteiger partial charge in [-0.05, 0) is 18.1 Å². The van der Waals surface area contributed by atoms with Gasteiger partial charge in [0.05, 0.1) is 25.3 Å². The number of aliphatic hydroxyl groups is 1. The Morgan fingerprint density at radius 3 is 2.42 bits per heavy atom. The Morgan fingerprint density at radius 1 is 1.03 bits per heavy atom. The second kappa shape index (κ2) is 9.49. The lowest BCUT2D eigenvalue weighted by Gasteiger charge is -2.39. The minimum atomic E-state index is -0.749. The summed E-state index contributed by atoms with van der Waals surface area (Å²) in [5, 5.41) is 10.2. The molecule has 2 amide bonds. The fraction of sp³-hybridized carbons (Fsp3) is 0.417. The number of rotatable bonds is 4. The standard InChI is InChI=1S/C24H28N2O5/c1-17-13-25(15-22(31-17)19-10-6-3-7-11-19)23(28)21-12-20(27)14-26(21)24(29)30-16-18-8-4-2-5-9-18/h2-11,17,20-22,27H,12-16H2,1H3/t17-,20-,21+,22+/m1/s1. The lowest BCUT2D eigenvalue weighted by Crippen LogP contribution is -2.53. The van der Waals surface area contributed by atoms with Crippen molar-refractivity contribution in [3.63, 3.8) is 0 Å². The fourth-order valence-corrected chi connectivity index (χ4v) is 4.25. The van der Waals surface area contributed by atoms with E-state index in [0.29, 0.717) is 13.1 Å². The van der Waals surface area contributed by atoms with Crippen LogP contribution in [0.4, 0.5) is 4.79 Å². The molecule has 31 heavy (non-hydrogen) atoms. The lowest BCUT2D eigenvalue weighted by molar-refractivity contribution is -0.149. The molecule has 0 unspecified atom stereocenters. The molecule has 4 atom stereocenters. The monoisotopic (exact) mass is 424 g/mol. The maximum atomic E-state index is 13.4. The van der Waals surface area contributed by atoms with Gasteiger partial charge in [0, 0.05) is 13.0 Å². The van der Waals surface area contributed by atoms with E-state index in [4.69, 9.17) is 9.47 Å². The molecule has 0 spiro atoms. The van der Waals surface area contributed by atoms with Crippen LogP contribution in [-0.2, 0) is 20.9 Å². The summed E-state index contributed by atoms with van der Waals surface area (Å²) in [6, 6.07) is 18.4. The second-order valence-corrected chi connectivity index (χ2v) is 8.19. The second-order valence-electron chi connectivity index (χ2n) is 8.19. The summed E-state index contributed by atoms with van der Waals surface area (Å²) < 4.78 is 11.5. The highest BCUT2D eigenvalue weighted by molar-refractivity contribution is 5.86. The van der Waals surface area contributed by atoms with Crippen LogP contribution in [0, 0.1) is 0 Å². The third-order valence-electron chi connectivity index (χ3n) is 5.75. The molecular weight excluding hydrogens is 396 g/mol. The van der Waals surface area contributed by atoms with Crippen LogP contribution in [-0.4, -0.2) is 64.8 Å². The molecule has 0 saturated carbocycles. The Bertz CT molecular complexity index is 891. The van der Waals surface area contributed by atoms with Gasteiger partial charge in [-0.1, -0.05) is 60.7 Å². The van der Waals surface area contributed by atoms with Crippen LogP contribution in [0.25, 0.3) is 0 Å². The SMILES string of the molecule is C[C@@H]1CN(C(=O)[C@@H]2C[C@@H](O)CN2C(=O)OCc2ccccc2)C[C@@H](c2ccccc2)O1. The molecule has 0 aliphatic carbocycles. The van der Waals surface area contributed by atoms with Gasteiger partial charge in [0.25, 0.3) is 0 Å². The van der Waals surface area contributed by atoms with E-state index in [1.807, 2.05) is 67.6 Å². The summed E-state index contributed by atoms with van der Waals surface area (Å²) in [7, 11) is 0. The lowest BCUT2D eigenvalue weighted by atomic mass is 10.1. The summed E-state index contributed by atoms with van der Waals surface area (Å²) in [5.74, 6) is -0.177. The van der Waals surface area contributed by atoms with Gasteiger partial charge in [0.15, 0.2) is 0 Å². The first-order chi connectivity index (χ1) is 15.0. The number of hydrogen-bond donors (Lipinski definition) is 1. The Kier molecular flexibility index (Phi) is 6.53. The number of β-amino-alcohol motifs (C(OH)–C–C–N with tert-alkyl or cyclic N) is 1. The molecule has 164 valence electrons. The molecule has 2 heterocycles. The predicted octanol–water partition coefficient (Wildman–Crippen LogP) is 2.75. The van der Waals surface area contributed by atoms with Gasteiger partial charge in [0.2, 0.25) is 5.91 Å². The number of aliphatic hydroxyl groups excluding tert-OH is 1. The number of likely N-dealkylation sites (tertiary alicyclic amines) is 1. The molecule has 0 aromatic heterocycles. The molecule has 1 N–H and O–H groups in total. The molecule has 7 nitrogen and oxygen atoms in total. The molecule has 2 saturated heterocycles. The molecular formula is C24H28N2O5. The maximum absolute atomic E-state index is 13.4.